The SMILES string of the molecule is CC1(c2cc(-c3cncnc3)ccc2F)Cn2cncc2C(N)=N1. The van der Waals surface area contributed by atoms with Crippen LogP contribution in [0.3, 0.4) is 0 Å². The number of benzene rings is 1. The van der Waals surface area contributed by atoms with E-state index < -0.39 is 5.54 Å². The largest absolute Gasteiger partial charge is 0.382 e. The van der Waals surface area contributed by atoms with Crippen LogP contribution in [0.25, 0.3) is 11.1 Å². The molecular weight excluding hydrogens is 307 g/mol. The zero-order valence-corrected chi connectivity index (χ0v) is 13.0. The van der Waals surface area contributed by atoms with Crippen molar-refractivity contribution in [3.05, 3.63) is 66.5 Å². The maximum absolute atomic E-state index is 14.6. The number of nitrogens with zero attached hydrogens (tertiary/aromatic N) is 5. The first-order chi connectivity index (χ1) is 11.6. The fraction of sp³-hybridized carbons (Fsp3) is 0.176. The van der Waals surface area contributed by atoms with Crippen molar-refractivity contribution in [3.8, 4) is 11.1 Å². The average Bonchev–Trinajstić information content (AvgIpc) is 3.04. The van der Waals surface area contributed by atoms with Crippen molar-refractivity contribution >= 4 is 5.84 Å². The van der Waals surface area contributed by atoms with Crippen LogP contribution in [0.5, 0.6) is 0 Å². The minimum atomic E-state index is -0.812. The first-order valence-corrected chi connectivity index (χ1v) is 7.48. The van der Waals surface area contributed by atoms with Gasteiger partial charge in [-0.1, -0.05) is 6.07 Å². The van der Waals surface area contributed by atoms with Crippen LogP contribution in [0, 0.1) is 5.82 Å². The molecule has 0 saturated carbocycles. The maximum atomic E-state index is 14.6. The van der Waals surface area contributed by atoms with Crippen molar-refractivity contribution in [2.75, 3.05) is 0 Å². The molecule has 6 nitrogen and oxygen atoms in total. The minimum absolute atomic E-state index is 0.321. The number of hydrogen-bond acceptors (Lipinski definition) is 5. The number of halogens is 1. The Hall–Kier alpha value is -3.09. The van der Waals surface area contributed by atoms with E-state index in [-0.39, 0.29) is 5.82 Å². The second kappa shape index (κ2) is 5.23. The molecule has 1 aromatic carbocycles. The number of nitrogens with two attached hydrogens (primary N) is 1. The van der Waals surface area contributed by atoms with Crippen molar-refractivity contribution in [2.45, 2.75) is 19.0 Å². The Balaban J connectivity index is 1.83. The van der Waals surface area contributed by atoms with Crippen molar-refractivity contribution in [1.82, 2.24) is 19.5 Å². The lowest BCUT2D eigenvalue weighted by molar-refractivity contribution is 0.384. The van der Waals surface area contributed by atoms with E-state index in [0.717, 1.165) is 16.8 Å². The zero-order valence-electron chi connectivity index (χ0n) is 13.0. The average molecular weight is 322 g/mol. The Bertz CT molecular complexity index is 933. The fourth-order valence-corrected chi connectivity index (χ4v) is 3.06. The lowest BCUT2D eigenvalue weighted by Crippen LogP contribution is -2.37. The third kappa shape index (κ3) is 2.25. The summed E-state index contributed by atoms with van der Waals surface area (Å²) in [7, 11) is 0. The van der Waals surface area contributed by atoms with Crippen LogP contribution in [-0.2, 0) is 12.1 Å². The van der Waals surface area contributed by atoms with E-state index in [1.807, 2.05) is 11.5 Å². The normalized spacial score (nSPS) is 19.7. The van der Waals surface area contributed by atoms with E-state index in [0.29, 0.717) is 17.9 Å². The summed E-state index contributed by atoms with van der Waals surface area (Å²) in [6, 6.07) is 4.93. The van der Waals surface area contributed by atoms with E-state index in [4.69, 9.17) is 5.73 Å². The summed E-state index contributed by atoms with van der Waals surface area (Å²) < 4.78 is 16.5. The van der Waals surface area contributed by atoms with Gasteiger partial charge in [-0.2, -0.15) is 0 Å². The highest BCUT2D eigenvalue weighted by Gasteiger charge is 2.34. The molecule has 2 N–H and O–H groups in total. The van der Waals surface area contributed by atoms with Gasteiger partial charge in [0.2, 0.25) is 0 Å². The number of aliphatic imine (C=N–C) groups is 1. The maximum Gasteiger partial charge on any atom is 0.145 e. The smallest absolute Gasteiger partial charge is 0.145 e. The molecule has 3 heterocycles. The second-order valence-corrected chi connectivity index (χ2v) is 6.00. The highest BCUT2D eigenvalue weighted by atomic mass is 19.1. The van der Waals surface area contributed by atoms with E-state index in [2.05, 4.69) is 19.9 Å². The lowest BCUT2D eigenvalue weighted by atomic mass is 9.88. The highest BCUT2D eigenvalue weighted by molar-refractivity contribution is 5.96. The van der Waals surface area contributed by atoms with Crippen molar-refractivity contribution < 1.29 is 4.39 Å². The van der Waals surface area contributed by atoms with Gasteiger partial charge >= 0.3 is 0 Å². The van der Waals surface area contributed by atoms with Gasteiger partial charge in [0.1, 0.15) is 29.2 Å². The molecule has 1 aliphatic rings. The summed E-state index contributed by atoms with van der Waals surface area (Å²) in [6.07, 6.45) is 8.19. The van der Waals surface area contributed by atoms with E-state index in [1.54, 1.807) is 37.1 Å². The molecule has 0 spiro atoms. The third-order valence-corrected chi connectivity index (χ3v) is 4.26. The Morgan fingerprint density at radius 3 is 2.71 bits per heavy atom. The molecule has 0 radical (unpaired) electrons. The Morgan fingerprint density at radius 2 is 1.92 bits per heavy atom. The number of rotatable bonds is 2. The Labute approximate surface area is 137 Å². The Morgan fingerprint density at radius 1 is 1.12 bits per heavy atom. The molecule has 0 fully saturated rings. The number of amidine groups is 1. The van der Waals surface area contributed by atoms with Gasteiger partial charge in [0.15, 0.2) is 0 Å². The summed E-state index contributed by atoms with van der Waals surface area (Å²) in [5.41, 5.74) is 8.12. The molecule has 0 amide bonds. The predicted molar refractivity (Wildman–Crippen MR) is 87.7 cm³/mol. The van der Waals surface area contributed by atoms with E-state index in [9.17, 15) is 4.39 Å². The van der Waals surface area contributed by atoms with Gasteiger partial charge in [0.05, 0.1) is 19.1 Å². The summed E-state index contributed by atoms with van der Waals surface area (Å²) in [4.78, 5) is 16.7. The lowest BCUT2D eigenvalue weighted by Gasteiger charge is -2.32. The number of fused-ring (bicyclic) bond motifs is 1. The van der Waals surface area contributed by atoms with Gasteiger partial charge in [-0.15, -0.1) is 0 Å². The molecule has 1 aliphatic heterocycles. The molecule has 0 aliphatic carbocycles. The van der Waals surface area contributed by atoms with E-state index >= 15 is 0 Å². The highest BCUT2D eigenvalue weighted by Crippen LogP contribution is 2.35. The van der Waals surface area contributed by atoms with Crippen molar-refractivity contribution in [1.29, 1.82) is 0 Å². The summed E-state index contributed by atoms with van der Waals surface area (Å²) in [5, 5.41) is 0. The molecule has 0 bridgehead atoms. The Kier molecular flexibility index (Phi) is 3.16. The van der Waals surface area contributed by atoms with Crippen LogP contribution in [0.1, 0.15) is 18.2 Å². The molecule has 1 unspecified atom stereocenters. The topological polar surface area (TPSA) is 82.0 Å². The van der Waals surface area contributed by atoms with Gasteiger partial charge in [-0.05, 0) is 24.6 Å². The molecule has 2 aromatic heterocycles. The summed E-state index contributed by atoms with van der Waals surface area (Å²) in [5.74, 6) is 0.0345. The second-order valence-electron chi connectivity index (χ2n) is 6.00. The van der Waals surface area contributed by atoms with Crippen molar-refractivity contribution in [2.24, 2.45) is 10.7 Å². The van der Waals surface area contributed by atoms with Crippen LogP contribution >= 0.6 is 0 Å². The molecule has 24 heavy (non-hydrogen) atoms. The van der Waals surface area contributed by atoms with E-state index in [1.165, 1.54) is 12.4 Å². The molecular formula is C17H15FN6. The monoisotopic (exact) mass is 322 g/mol. The molecule has 0 saturated heterocycles. The number of aromatic nitrogens is 4. The van der Waals surface area contributed by atoms with Gasteiger partial charge in [0, 0.05) is 23.5 Å². The molecule has 7 heteroatoms. The van der Waals surface area contributed by atoms with Crippen LogP contribution < -0.4 is 5.73 Å². The molecule has 1 atom stereocenters. The summed E-state index contributed by atoms with van der Waals surface area (Å²) >= 11 is 0. The van der Waals surface area contributed by atoms with Gasteiger partial charge < -0.3 is 10.3 Å². The number of imidazole rings is 1. The molecule has 4 rings (SSSR count). The first kappa shape index (κ1) is 14.5. The standard InChI is InChI=1S/C17H15FN6/c1-17(8-24-10-22-7-15(24)16(19)23-17)13-4-11(2-3-14(13)18)12-5-20-9-21-6-12/h2-7,9-10H,8H2,1H3,(H2,19,23). The van der Waals surface area contributed by atoms with Gasteiger partial charge in [-0.3, -0.25) is 4.99 Å². The fourth-order valence-electron chi connectivity index (χ4n) is 3.06. The van der Waals surface area contributed by atoms with Gasteiger partial charge in [0.25, 0.3) is 0 Å². The zero-order chi connectivity index (χ0) is 16.7. The van der Waals surface area contributed by atoms with Crippen LogP contribution in [0.15, 0.2) is 54.4 Å². The predicted octanol–water partition coefficient (Wildman–Crippen LogP) is 2.11. The quantitative estimate of drug-likeness (QED) is 0.783. The van der Waals surface area contributed by atoms with Crippen LogP contribution in [0.4, 0.5) is 4.39 Å². The summed E-state index contributed by atoms with van der Waals surface area (Å²) in [6.45, 7) is 2.33. The molecule has 3 aromatic rings. The first-order valence-electron chi connectivity index (χ1n) is 7.48. The van der Waals surface area contributed by atoms with Gasteiger partial charge in [-0.25, -0.2) is 19.3 Å². The van der Waals surface area contributed by atoms with Crippen LogP contribution in [0.2, 0.25) is 0 Å². The van der Waals surface area contributed by atoms with Crippen molar-refractivity contribution in [3.63, 3.8) is 0 Å². The third-order valence-electron chi connectivity index (χ3n) is 4.26. The number of hydrogen-bond donors (Lipinski definition) is 1. The minimum Gasteiger partial charge on any atom is -0.382 e. The molecule has 120 valence electrons. The van der Waals surface area contributed by atoms with Crippen LogP contribution in [-0.4, -0.2) is 25.4 Å².